The predicted octanol–water partition coefficient (Wildman–Crippen LogP) is 3.07. The first-order valence-corrected chi connectivity index (χ1v) is 8.56. The molecule has 1 aromatic heterocycles. The van der Waals surface area contributed by atoms with Crippen molar-refractivity contribution in [3.8, 4) is 0 Å². The molecule has 108 valence electrons. The summed E-state index contributed by atoms with van der Waals surface area (Å²) in [6, 6.07) is 1.17. The lowest BCUT2D eigenvalue weighted by atomic mass is 10.2. The Morgan fingerprint density at radius 3 is 2.58 bits per heavy atom. The average Bonchev–Trinajstić information content (AvgIpc) is 2.82. The lowest BCUT2D eigenvalue weighted by molar-refractivity contribution is 0.0491. The van der Waals surface area contributed by atoms with E-state index in [-0.39, 0.29) is 10.6 Å². The zero-order chi connectivity index (χ0) is 14.3. The summed E-state index contributed by atoms with van der Waals surface area (Å²) in [7, 11) is 1.33. The van der Waals surface area contributed by atoms with Gasteiger partial charge in [-0.15, -0.1) is 0 Å². The van der Waals surface area contributed by atoms with Crippen molar-refractivity contribution in [1.82, 2.24) is 4.98 Å². The number of hydrogen-bond acceptors (Lipinski definition) is 4. The summed E-state index contributed by atoms with van der Waals surface area (Å²) in [4.78, 5) is 14.0. The number of aromatic amines is 1. The first-order chi connectivity index (χ1) is 8.95. The molecule has 7 heteroatoms. The molecular weight excluding hydrogens is 290 g/mol. The van der Waals surface area contributed by atoms with Crippen LogP contribution in [0.3, 0.4) is 0 Å². The second-order valence-electron chi connectivity index (χ2n) is 4.24. The van der Waals surface area contributed by atoms with Gasteiger partial charge < -0.3 is 9.72 Å². The minimum Gasteiger partial charge on any atom is -0.461 e. The van der Waals surface area contributed by atoms with E-state index in [1.807, 2.05) is 0 Å². The topological polar surface area (TPSA) is 76.2 Å². The van der Waals surface area contributed by atoms with Gasteiger partial charge in [0, 0.05) is 16.9 Å². The fourth-order valence-corrected chi connectivity index (χ4v) is 2.31. The summed E-state index contributed by atoms with van der Waals surface area (Å²) >= 11 is 0. The molecule has 0 aliphatic rings. The van der Waals surface area contributed by atoms with Crippen LogP contribution in [0.5, 0.6) is 0 Å². The number of unbranched alkanes of at least 4 members (excludes halogenated alkanes) is 4. The second kappa shape index (κ2) is 7.55. The van der Waals surface area contributed by atoms with E-state index in [0.717, 1.165) is 25.7 Å². The molecule has 0 aliphatic carbocycles. The molecule has 1 N–H and O–H groups in total. The Morgan fingerprint density at radius 2 is 2.00 bits per heavy atom. The number of rotatable bonds is 8. The Labute approximate surface area is 117 Å². The van der Waals surface area contributed by atoms with E-state index in [4.69, 9.17) is 15.4 Å². The molecule has 19 heavy (non-hydrogen) atoms. The third-order valence-electron chi connectivity index (χ3n) is 2.64. The molecule has 0 atom stereocenters. The molecule has 1 heterocycles. The quantitative estimate of drug-likeness (QED) is 0.455. The molecule has 1 aromatic rings. The Kier molecular flexibility index (Phi) is 6.37. The van der Waals surface area contributed by atoms with Crippen LogP contribution in [-0.4, -0.2) is 26.0 Å². The van der Waals surface area contributed by atoms with Gasteiger partial charge in [-0.3, -0.25) is 0 Å². The number of halogens is 1. The SMILES string of the molecule is CCCCCCCOC(=O)c1cc(S(=O)(=O)Cl)c[nH]1. The van der Waals surface area contributed by atoms with Crippen LogP contribution in [0.25, 0.3) is 0 Å². The molecule has 0 saturated carbocycles. The monoisotopic (exact) mass is 307 g/mol. The number of ether oxygens (including phenoxy) is 1. The summed E-state index contributed by atoms with van der Waals surface area (Å²) < 4.78 is 27.1. The number of nitrogens with one attached hydrogen (secondary N) is 1. The van der Waals surface area contributed by atoms with E-state index in [2.05, 4.69) is 11.9 Å². The fourth-order valence-electron chi connectivity index (χ4n) is 1.58. The Bertz CT molecular complexity index is 510. The standard InChI is InChI=1S/C12H18ClNO4S/c1-2-3-4-5-6-7-18-12(15)11-8-10(9-14-11)19(13,16)17/h8-9,14H,2-7H2,1H3. The van der Waals surface area contributed by atoms with Crippen molar-refractivity contribution in [3.63, 3.8) is 0 Å². The highest BCUT2D eigenvalue weighted by molar-refractivity contribution is 8.13. The summed E-state index contributed by atoms with van der Waals surface area (Å²) in [5, 5.41) is 0. The molecule has 0 radical (unpaired) electrons. The maximum atomic E-state index is 11.6. The minimum atomic E-state index is -3.82. The van der Waals surface area contributed by atoms with Crippen molar-refractivity contribution in [2.24, 2.45) is 0 Å². The van der Waals surface area contributed by atoms with Gasteiger partial charge in [0.15, 0.2) is 0 Å². The molecule has 0 unspecified atom stereocenters. The van der Waals surface area contributed by atoms with Crippen LogP contribution in [0.1, 0.15) is 49.5 Å². The molecule has 0 fully saturated rings. The van der Waals surface area contributed by atoms with Gasteiger partial charge in [0.25, 0.3) is 9.05 Å². The lowest BCUT2D eigenvalue weighted by Crippen LogP contribution is -2.06. The van der Waals surface area contributed by atoms with E-state index in [1.54, 1.807) is 0 Å². The molecule has 1 rings (SSSR count). The molecule has 0 aromatic carbocycles. The highest BCUT2D eigenvalue weighted by Crippen LogP contribution is 2.16. The highest BCUT2D eigenvalue weighted by atomic mass is 35.7. The zero-order valence-corrected chi connectivity index (χ0v) is 12.4. The second-order valence-corrected chi connectivity index (χ2v) is 6.80. The molecule has 5 nitrogen and oxygen atoms in total. The molecule has 0 saturated heterocycles. The van der Waals surface area contributed by atoms with E-state index in [9.17, 15) is 13.2 Å². The first kappa shape index (κ1) is 16.0. The van der Waals surface area contributed by atoms with Crippen molar-refractivity contribution in [2.45, 2.75) is 43.9 Å². The first-order valence-electron chi connectivity index (χ1n) is 6.25. The summed E-state index contributed by atoms with van der Waals surface area (Å²) in [5.41, 5.74) is 0.0905. The number of aromatic nitrogens is 1. The van der Waals surface area contributed by atoms with Crippen molar-refractivity contribution in [3.05, 3.63) is 18.0 Å². The van der Waals surface area contributed by atoms with Crippen molar-refractivity contribution in [2.75, 3.05) is 6.61 Å². The van der Waals surface area contributed by atoms with E-state index < -0.39 is 15.0 Å². The third kappa shape index (κ3) is 5.65. The van der Waals surface area contributed by atoms with E-state index >= 15 is 0 Å². The van der Waals surface area contributed by atoms with Gasteiger partial charge in [-0.05, 0) is 12.5 Å². The molecule has 0 spiro atoms. The summed E-state index contributed by atoms with van der Waals surface area (Å²) in [6.07, 6.45) is 6.48. The summed E-state index contributed by atoms with van der Waals surface area (Å²) in [5.74, 6) is -0.568. The summed E-state index contributed by atoms with van der Waals surface area (Å²) in [6.45, 7) is 2.47. The van der Waals surface area contributed by atoms with Gasteiger partial charge in [-0.25, -0.2) is 13.2 Å². The normalized spacial score (nSPS) is 11.5. The number of hydrogen-bond donors (Lipinski definition) is 1. The third-order valence-corrected chi connectivity index (χ3v) is 3.97. The lowest BCUT2D eigenvalue weighted by Gasteiger charge is -2.02. The maximum absolute atomic E-state index is 11.6. The van der Waals surface area contributed by atoms with E-state index in [0.29, 0.717) is 6.61 Å². The average molecular weight is 308 g/mol. The number of carbonyl (C=O) groups excluding carboxylic acids is 1. The molecule has 0 aliphatic heterocycles. The molecular formula is C12H18ClNO4S. The number of H-pyrrole nitrogens is 1. The van der Waals surface area contributed by atoms with E-state index in [1.165, 1.54) is 18.7 Å². The van der Waals surface area contributed by atoms with Crippen LogP contribution < -0.4 is 0 Å². The van der Waals surface area contributed by atoms with Gasteiger partial charge in [0.1, 0.15) is 10.6 Å². The molecule has 0 amide bonds. The van der Waals surface area contributed by atoms with Crippen molar-refractivity contribution < 1.29 is 17.9 Å². The largest absolute Gasteiger partial charge is 0.461 e. The Morgan fingerprint density at radius 1 is 1.32 bits per heavy atom. The predicted molar refractivity (Wildman–Crippen MR) is 72.9 cm³/mol. The smallest absolute Gasteiger partial charge is 0.354 e. The fraction of sp³-hybridized carbons (Fsp3) is 0.583. The van der Waals surface area contributed by atoms with Crippen LogP contribution >= 0.6 is 10.7 Å². The molecule has 0 bridgehead atoms. The minimum absolute atomic E-state index is 0.0905. The van der Waals surface area contributed by atoms with Gasteiger partial charge in [-0.1, -0.05) is 32.6 Å². The van der Waals surface area contributed by atoms with Crippen molar-refractivity contribution >= 4 is 25.7 Å². The van der Waals surface area contributed by atoms with Crippen LogP contribution in [-0.2, 0) is 13.8 Å². The van der Waals surface area contributed by atoms with Crippen LogP contribution in [0.2, 0.25) is 0 Å². The van der Waals surface area contributed by atoms with Gasteiger partial charge >= 0.3 is 5.97 Å². The van der Waals surface area contributed by atoms with Crippen LogP contribution in [0, 0.1) is 0 Å². The zero-order valence-electron chi connectivity index (χ0n) is 10.8. The van der Waals surface area contributed by atoms with Gasteiger partial charge in [0.05, 0.1) is 6.61 Å². The highest BCUT2D eigenvalue weighted by Gasteiger charge is 2.16. The van der Waals surface area contributed by atoms with Gasteiger partial charge in [-0.2, -0.15) is 0 Å². The Hall–Kier alpha value is -1.01. The number of esters is 1. The van der Waals surface area contributed by atoms with Crippen molar-refractivity contribution in [1.29, 1.82) is 0 Å². The van der Waals surface area contributed by atoms with Gasteiger partial charge in [0.2, 0.25) is 0 Å². The Balaban J connectivity index is 2.36. The van der Waals surface area contributed by atoms with Crippen LogP contribution in [0.15, 0.2) is 17.2 Å². The maximum Gasteiger partial charge on any atom is 0.354 e. The number of carbonyl (C=O) groups is 1. The van der Waals surface area contributed by atoms with Crippen LogP contribution in [0.4, 0.5) is 0 Å².